The zero-order chi connectivity index (χ0) is 12.8. The van der Waals surface area contributed by atoms with Crippen LogP contribution >= 0.6 is 0 Å². The minimum absolute atomic E-state index is 0.0866. The van der Waals surface area contributed by atoms with Crippen molar-refractivity contribution >= 4 is 5.91 Å². The number of carbonyl (C=O) groups excluding carboxylic acids is 1. The fourth-order valence-electron chi connectivity index (χ4n) is 1.88. The molecule has 0 aliphatic heterocycles. The Hall–Kier alpha value is -1.08. The van der Waals surface area contributed by atoms with Gasteiger partial charge >= 0.3 is 0 Å². The molecule has 1 aliphatic rings. The van der Waals surface area contributed by atoms with Gasteiger partial charge in [0.25, 0.3) is 0 Å². The standard InChI is InChI=1S/C13H23N3O/c1-10(2)9-15-13(17)11(3)16(8-4-7-14)12-5-6-12/h10-12H,4-6,8-9H2,1-3H3,(H,15,17). The number of nitriles is 1. The van der Waals surface area contributed by atoms with Gasteiger partial charge in [0.05, 0.1) is 12.1 Å². The quantitative estimate of drug-likeness (QED) is 0.730. The van der Waals surface area contributed by atoms with Crippen LogP contribution in [0.5, 0.6) is 0 Å². The van der Waals surface area contributed by atoms with E-state index in [-0.39, 0.29) is 11.9 Å². The van der Waals surface area contributed by atoms with Crippen molar-refractivity contribution in [2.75, 3.05) is 13.1 Å². The number of nitrogens with one attached hydrogen (secondary N) is 1. The largest absolute Gasteiger partial charge is 0.354 e. The Labute approximate surface area is 104 Å². The third-order valence-electron chi connectivity index (χ3n) is 3.06. The van der Waals surface area contributed by atoms with Crippen molar-refractivity contribution < 1.29 is 4.79 Å². The van der Waals surface area contributed by atoms with Crippen LogP contribution < -0.4 is 5.32 Å². The predicted molar refractivity (Wildman–Crippen MR) is 67.3 cm³/mol. The van der Waals surface area contributed by atoms with Crippen molar-refractivity contribution in [3.8, 4) is 6.07 Å². The van der Waals surface area contributed by atoms with E-state index in [9.17, 15) is 4.79 Å². The lowest BCUT2D eigenvalue weighted by Gasteiger charge is -2.27. The molecular weight excluding hydrogens is 214 g/mol. The maximum atomic E-state index is 11.9. The molecule has 1 amide bonds. The fourth-order valence-corrected chi connectivity index (χ4v) is 1.88. The van der Waals surface area contributed by atoms with Crippen molar-refractivity contribution in [3.05, 3.63) is 0 Å². The Morgan fingerprint density at radius 2 is 2.12 bits per heavy atom. The van der Waals surface area contributed by atoms with Crippen molar-refractivity contribution in [2.24, 2.45) is 5.92 Å². The van der Waals surface area contributed by atoms with Gasteiger partial charge in [0, 0.05) is 25.6 Å². The molecule has 1 N–H and O–H groups in total. The highest BCUT2D eigenvalue weighted by atomic mass is 16.2. The Morgan fingerprint density at radius 3 is 2.59 bits per heavy atom. The molecule has 4 nitrogen and oxygen atoms in total. The van der Waals surface area contributed by atoms with E-state index < -0.39 is 0 Å². The molecule has 0 aromatic heterocycles. The molecule has 1 rings (SSSR count). The van der Waals surface area contributed by atoms with Gasteiger partial charge < -0.3 is 5.32 Å². The topological polar surface area (TPSA) is 56.1 Å². The van der Waals surface area contributed by atoms with E-state index >= 15 is 0 Å². The number of hydrogen-bond acceptors (Lipinski definition) is 3. The van der Waals surface area contributed by atoms with E-state index in [0.717, 1.165) is 19.4 Å². The third-order valence-corrected chi connectivity index (χ3v) is 3.06. The molecule has 0 radical (unpaired) electrons. The Bertz CT molecular complexity index is 292. The summed E-state index contributed by atoms with van der Waals surface area (Å²) in [5.41, 5.74) is 0. The summed E-state index contributed by atoms with van der Waals surface area (Å²) in [5.74, 6) is 0.558. The van der Waals surface area contributed by atoms with Gasteiger partial charge in [-0.1, -0.05) is 13.8 Å². The molecule has 0 heterocycles. The van der Waals surface area contributed by atoms with E-state index in [1.165, 1.54) is 0 Å². The molecule has 1 saturated carbocycles. The van der Waals surface area contributed by atoms with Gasteiger partial charge in [-0.15, -0.1) is 0 Å². The lowest BCUT2D eigenvalue weighted by atomic mass is 10.2. The first kappa shape index (κ1) is 14.0. The summed E-state index contributed by atoms with van der Waals surface area (Å²) in [4.78, 5) is 14.1. The summed E-state index contributed by atoms with van der Waals surface area (Å²) >= 11 is 0. The molecular formula is C13H23N3O. The number of rotatable bonds is 7. The first-order valence-electron chi connectivity index (χ1n) is 6.46. The highest BCUT2D eigenvalue weighted by Gasteiger charge is 2.34. The lowest BCUT2D eigenvalue weighted by molar-refractivity contribution is -0.126. The highest BCUT2D eigenvalue weighted by Crippen LogP contribution is 2.28. The molecule has 0 aromatic rings. The molecule has 0 saturated heterocycles. The molecule has 1 fully saturated rings. The molecule has 0 aromatic carbocycles. The maximum Gasteiger partial charge on any atom is 0.237 e. The van der Waals surface area contributed by atoms with Gasteiger partial charge in [-0.25, -0.2) is 0 Å². The minimum atomic E-state index is -0.116. The second-order valence-electron chi connectivity index (χ2n) is 5.19. The summed E-state index contributed by atoms with van der Waals surface area (Å²) in [7, 11) is 0. The Balaban J connectivity index is 2.43. The summed E-state index contributed by atoms with van der Waals surface area (Å²) in [6.07, 6.45) is 2.82. The SMILES string of the molecule is CC(C)CNC(=O)C(C)N(CCC#N)C1CC1. The first-order valence-corrected chi connectivity index (χ1v) is 6.46. The zero-order valence-corrected chi connectivity index (χ0v) is 11.1. The molecule has 0 bridgehead atoms. The lowest BCUT2D eigenvalue weighted by Crippen LogP contribution is -2.47. The van der Waals surface area contributed by atoms with Crippen LogP contribution in [0.4, 0.5) is 0 Å². The van der Waals surface area contributed by atoms with E-state index in [0.29, 0.717) is 24.9 Å². The maximum absolute atomic E-state index is 11.9. The van der Waals surface area contributed by atoms with Crippen molar-refractivity contribution in [1.29, 1.82) is 5.26 Å². The van der Waals surface area contributed by atoms with Crippen molar-refractivity contribution in [2.45, 2.75) is 52.1 Å². The molecule has 1 aliphatic carbocycles. The van der Waals surface area contributed by atoms with Crippen LogP contribution in [-0.2, 0) is 4.79 Å². The molecule has 0 spiro atoms. The first-order chi connectivity index (χ1) is 8.06. The average Bonchev–Trinajstić information content (AvgIpc) is 3.10. The van der Waals surface area contributed by atoms with Gasteiger partial charge in [0.2, 0.25) is 5.91 Å². The highest BCUT2D eigenvalue weighted by molar-refractivity contribution is 5.81. The van der Waals surface area contributed by atoms with Crippen LogP contribution in [0.1, 0.15) is 40.0 Å². The monoisotopic (exact) mass is 237 g/mol. The van der Waals surface area contributed by atoms with E-state index in [4.69, 9.17) is 5.26 Å². The van der Waals surface area contributed by atoms with Crippen molar-refractivity contribution in [1.82, 2.24) is 10.2 Å². The van der Waals surface area contributed by atoms with Crippen LogP contribution in [0, 0.1) is 17.2 Å². The van der Waals surface area contributed by atoms with Crippen LogP contribution in [-0.4, -0.2) is 36.0 Å². The summed E-state index contributed by atoms with van der Waals surface area (Å²) in [5, 5.41) is 11.6. The predicted octanol–water partition coefficient (Wildman–Crippen LogP) is 1.53. The summed E-state index contributed by atoms with van der Waals surface area (Å²) in [6.45, 7) is 7.53. The number of carbonyl (C=O) groups is 1. The van der Waals surface area contributed by atoms with E-state index in [2.05, 4.69) is 30.1 Å². The fraction of sp³-hybridized carbons (Fsp3) is 0.846. The van der Waals surface area contributed by atoms with Crippen molar-refractivity contribution in [3.63, 3.8) is 0 Å². The average molecular weight is 237 g/mol. The summed E-state index contributed by atoms with van der Waals surface area (Å²) in [6, 6.07) is 2.55. The van der Waals surface area contributed by atoms with Gasteiger partial charge in [-0.3, -0.25) is 9.69 Å². The summed E-state index contributed by atoms with van der Waals surface area (Å²) < 4.78 is 0. The normalized spacial score (nSPS) is 16.9. The second-order valence-corrected chi connectivity index (χ2v) is 5.19. The number of hydrogen-bond donors (Lipinski definition) is 1. The smallest absolute Gasteiger partial charge is 0.237 e. The van der Waals surface area contributed by atoms with E-state index in [1.807, 2.05) is 6.92 Å². The molecule has 1 unspecified atom stereocenters. The molecule has 96 valence electrons. The van der Waals surface area contributed by atoms with Crippen LogP contribution in [0.15, 0.2) is 0 Å². The van der Waals surface area contributed by atoms with Gasteiger partial charge in [0.15, 0.2) is 0 Å². The van der Waals surface area contributed by atoms with Gasteiger partial charge in [-0.2, -0.15) is 5.26 Å². The number of amides is 1. The van der Waals surface area contributed by atoms with E-state index in [1.54, 1.807) is 0 Å². The molecule has 17 heavy (non-hydrogen) atoms. The molecule has 4 heteroatoms. The third kappa shape index (κ3) is 4.74. The van der Waals surface area contributed by atoms with Crippen LogP contribution in [0.2, 0.25) is 0 Å². The van der Waals surface area contributed by atoms with Crippen LogP contribution in [0.25, 0.3) is 0 Å². The Kier molecular flexibility index (Phi) is 5.43. The Morgan fingerprint density at radius 1 is 1.47 bits per heavy atom. The molecule has 1 atom stereocenters. The zero-order valence-electron chi connectivity index (χ0n) is 11.1. The second kappa shape index (κ2) is 6.61. The van der Waals surface area contributed by atoms with Gasteiger partial charge in [0.1, 0.15) is 0 Å². The number of nitrogens with zero attached hydrogens (tertiary/aromatic N) is 2. The van der Waals surface area contributed by atoms with Gasteiger partial charge in [-0.05, 0) is 25.7 Å². The van der Waals surface area contributed by atoms with Crippen LogP contribution in [0.3, 0.4) is 0 Å². The minimum Gasteiger partial charge on any atom is -0.354 e.